The molecule has 0 spiro atoms. The molecule has 2 aliphatic rings. The number of amides is 1. The molecule has 0 saturated carbocycles. The van der Waals surface area contributed by atoms with Crippen LogP contribution in [0.4, 0.5) is 0 Å². The fourth-order valence-electron chi connectivity index (χ4n) is 4.92. The van der Waals surface area contributed by atoms with Gasteiger partial charge in [0.2, 0.25) is 5.91 Å². The first-order chi connectivity index (χ1) is 15.1. The van der Waals surface area contributed by atoms with Crippen LogP contribution in [-0.4, -0.2) is 48.2 Å². The van der Waals surface area contributed by atoms with E-state index in [-0.39, 0.29) is 23.9 Å². The van der Waals surface area contributed by atoms with Crippen LogP contribution in [0.25, 0.3) is 10.9 Å². The largest absolute Gasteiger partial charge is 0.340 e. The molecule has 3 aromatic rings. The van der Waals surface area contributed by atoms with E-state index in [9.17, 15) is 9.59 Å². The zero-order chi connectivity index (χ0) is 21.4. The molecule has 1 amide bonds. The predicted octanol–water partition coefficient (Wildman–Crippen LogP) is 2.43. The molecule has 0 radical (unpaired) electrons. The fourth-order valence-corrected chi connectivity index (χ4v) is 4.92. The third-order valence-electron chi connectivity index (χ3n) is 6.62. The van der Waals surface area contributed by atoms with Gasteiger partial charge in [-0.05, 0) is 44.7 Å². The lowest BCUT2D eigenvalue weighted by atomic mass is 9.97. The SMILES string of the molecule is Cc1nc2ccccc2c(=O)n1CC(=O)N1CCCC(c2nnc3n2CCCCC3)C1. The number of piperidine rings is 1. The van der Waals surface area contributed by atoms with Crippen LogP contribution in [0.15, 0.2) is 29.1 Å². The molecule has 1 fully saturated rings. The third kappa shape index (κ3) is 3.75. The van der Waals surface area contributed by atoms with Crippen LogP contribution in [0.2, 0.25) is 0 Å². The van der Waals surface area contributed by atoms with Gasteiger partial charge >= 0.3 is 0 Å². The minimum atomic E-state index is -0.159. The number of nitrogens with zero attached hydrogens (tertiary/aromatic N) is 6. The minimum Gasteiger partial charge on any atom is -0.340 e. The van der Waals surface area contributed by atoms with Gasteiger partial charge < -0.3 is 9.47 Å². The van der Waals surface area contributed by atoms with Crippen molar-refractivity contribution >= 4 is 16.8 Å². The van der Waals surface area contributed by atoms with Crippen molar-refractivity contribution < 1.29 is 4.79 Å². The molecular weight excluding hydrogens is 392 g/mol. The van der Waals surface area contributed by atoms with Crippen LogP contribution in [0, 0.1) is 6.92 Å². The summed E-state index contributed by atoms with van der Waals surface area (Å²) in [4.78, 5) is 32.5. The molecule has 2 aliphatic heterocycles. The van der Waals surface area contributed by atoms with E-state index in [4.69, 9.17) is 0 Å². The van der Waals surface area contributed by atoms with Gasteiger partial charge in [-0.3, -0.25) is 14.2 Å². The van der Waals surface area contributed by atoms with Gasteiger partial charge in [0.15, 0.2) is 0 Å². The number of carbonyl (C=O) groups is 1. The van der Waals surface area contributed by atoms with E-state index >= 15 is 0 Å². The van der Waals surface area contributed by atoms with Crippen molar-refractivity contribution in [3.63, 3.8) is 0 Å². The van der Waals surface area contributed by atoms with Crippen molar-refractivity contribution in [3.8, 4) is 0 Å². The second kappa shape index (κ2) is 8.24. The maximum Gasteiger partial charge on any atom is 0.261 e. The van der Waals surface area contributed by atoms with Gasteiger partial charge in [0, 0.05) is 32.0 Å². The van der Waals surface area contributed by atoms with Gasteiger partial charge in [0.25, 0.3) is 5.56 Å². The van der Waals surface area contributed by atoms with Crippen LogP contribution in [0.3, 0.4) is 0 Å². The summed E-state index contributed by atoms with van der Waals surface area (Å²) in [6.45, 7) is 4.12. The van der Waals surface area contributed by atoms with Gasteiger partial charge in [-0.2, -0.15) is 0 Å². The Bertz CT molecular complexity index is 1180. The molecule has 1 saturated heterocycles. The Labute approximate surface area is 180 Å². The molecule has 8 heteroatoms. The van der Waals surface area contributed by atoms with E-state index in [0.29, 0.717) is 29.8 Å². The van der Waals surface area contributed by atoms with Gasteiger partial charge in [-0.1, -0.05) is 18.6 Å². The minimum absolute atomic E-state index is 0.0210. The molecule has 1 unspecified atom stereocenters. The molecule has 1 atom stereocenters. The van der Waals surface area contributed by atoms with Gasteiger partial charge in [0.1, 0.15) is 24.0 Å². The standard InChI is InChI=1S/C23H28N6O2/c1-16-24-19-10-5-4-9-18(19)23(31)29(16)15-21(30)27-12-7-8-17(14-27)22-26-25-20-11-3-2-6-13-28(20)22/h4-5,9-10,17H,2-3,6-8,11-15H2,1H3. The van der Waals surface area contributed by atoms with Gasteiger partial charge in [-0.15, -0.1) is 10.2 Å². The zero-order valence-electron chi connectivity index (χ0n) is 18.0. The van der Waals surface area contributed by atoms with E-state index in [0.717, 1.165) is 43.9 Å². The number of aromatic nitrogens is 5. The van der Waals surface area contributed by atoms with Crippen LogP contribution in [-0.2, 0) is 24.3 Å². The zero-order valence-corrected chi connectivity index (χ0v) is 18.0. The number of fused-ring (bicyclic) bond motifs is 2. The lowest BCUT2D eigenvalue weighted by molar-refractivity contribution is -0.133. The molecule has 8 nitrogen and oxygen atoms in total. The average Bonchev–Trinajstić information content (AvgIpc) is 3.04. The van der Waals surface area contributed by atoms with Crippen molar-refractivity contribution in [1.29, 1.82) is 0 Å². The highest BCUT2D eigenvalue weighted by Gasteiger charge is 2.29. The number of hydrogen-bond donors (Lipinski definition) is 0. The Morgan fingerprint density at radius 3 is 2.87 bits per heavy atom. The Kier molecular flexibility index (Phi) is 5.29. The van der Waals surface area contributed by atoms with Crippen LogP contribution >= 0.6 is 0 Å². The van der Waals surface area contributed by atoms with Gasteiger partial charge in [-0.25, -0.2) is 4.98 Å². The molecule has 162 valence electrons. The topological polar surface area (TPSA) is 85.9 Å². The highest BCUT2D eigenvalue weighted by molar-refractivity contribution is 5.79. The summed E-state index contributed by atoms with van der Waals surface area (Å²) >= 11 is 0. The number of carbonyl (C=O) groups excluding carboxylic acids is 1. The Hall–Kier alpha value is -3.03. The van der Waals surface area contributed by atoms with Crippen LogP contribution in [0.1, 0.15) is 55.5 Å². The summed E-state index contributed by atoms with van der Waals surface area (Å²) < 4.78 is 3.78. The molecule has 0 N–H and O–H groups in total. The second-order valence-corrected chi connectivity index (χ2v) is 8.68. The van der Waals surface area contributed by atoms with Crippen molar-refractivity contribution in [3.05, 3.63) is 52.1 Å². The van der Waals surface area contributed by atoms with E-state index in [2.05, 4.69) is 19.7 Å². The first-order valence-electron chi connectivity index (χ1n) is 11.3. The average molecular weight is 421 g/mol. The summed E-state index contributed by atoms with van der Waals surface area (Å²) in [6.07, 6.45) is 6.48. The number of benzene rings is 1. The lowest BCUT2D eigenvalue weighted by Gasteiger charge is -2.32. The molecule has 0 bridgehead atoms. The monoisotopic (exact) mass is 420 g/mol. The third-order valence-corrected chi connectivity index (χ3v) is 6.62. The number of para-hydroxylation sites is 1. The summed E-state index contributed by atoms with van der Waals surface area (Å²) in [6, 6.07) is 7.28. The number of aryl methyl sites for hydroxylation is 2. The Morgan fingerprint density at radius 1 is 1.10 bits per heavy atom. The highest BCUT2D eigenvalue weighted by Crippen LogP contribution is 2.28. The molecular formula is C23H28N6O2. The van der Waals surface area contributed by atoms with Gasteiger partial charge in [0.05, 0.1) is 10.9 Å². The molecule has 1 aromatic carbocycles. The quantitative estimate of drug-likeness (QED) is 0.650. The summed E-state index contributed by atoms with van der Waals surface area (Å²) in [7, 11) is 0. The summed E-state index contributed by atoms with van der Waals surface area (Å²) in [5, 5.41) is 9.50. The van der Waals surface area contributed by atoms with Crippen molar-refractivity contribution in [2.75, 3.05) is 13.1 Å². The van der Waals surface area contributed by atoms with E-state index in [1.807, 2.05) is 23.1 Å². The smallest absolute Gasteiger partial charge is 0.261 e. The van der Waals surface area contributed by atoms with Crippen LogP contribution in [0.5, 0.6) is 0 Å². The number of rotatable bonds is 3. The first kappa shape index (κ1) is 19.9. The predicted molar refractivity (Wildman–Crippen MR) is 117 cm³/mol. The fraction of sp³-hybridized carbons (Fsp3) is 0.522. The number of likely N-dealkylation sites (tertiary alicyclic amines) is 1. The lowest BCUT2D eigenvalue weighted by Crippen LogP contribution is -2.43. The molecule has 4 heterocycles. The maximum absolute atomic E-state index is 13.2. The Morgan fingerprint density at radius 2 is 1.97 bits per heavy atom. The Balaban J connectivity index is 1.36. The van der Waals surface area contributed by atoms with E-state index in [1.54, 1.807) is 13.0 Å². The number of hydrogen-bond acceptors (Lipinski definition) is 5. The molecule has 31 heavy (non-hydrogen) atoms. The molecule has 5 rings (SSSR count). The van der Waals surface area contributed by atoms with Crippen LogP contribution < -0.4 is 5.56 Å². The normalized spacial score (nSPS) is 19.3. The second-order valence-electron chi connectivity index (χ2n) is 8.68. The molecule has 0 aliphatic carbocycles. The summed E-state index contributed by atoms with van der Waals surface area (Å²) in [5.41, 5.74) is 0.507. The van der Waals surface area contributed by atoms with E-state index < -0.39 is 0 Å². The van der Waals surface area contributed by atoms with Crippen molar-refractivity contribution in [1.82, 2.24) is 29.2 Å². The maximum atomic E-state index is 13.2. The first-order valence-corrected chi connectivity index (χ1v) is 11.3. The highest BCUT2D eigenvalue weighted by atomic mass is 16.2. The van der Waals surface area contributed by atoms with E-state index in [1.165, 1.54) is 17.4 Å². The molecule has 2 aromatic heterocycles. The van der Waals surface area contributed by atoms with Crippen molar-refractivity contribution in [2.24, 2.45) is 0 Å². The summed E-state index contributed by atoms with van der Waals surface area (Å²) in [5.74, 6) is 2.83. The van der Waals surface area contributed by atoms with Crippen molar-refractivity contribution in [2.45, 2.75) is 64.5 Å².